The third-order valence-corrected chi connectivity index (χ3v) is 3.45. The summed E-state index contributed by atoms with van der Waals surface area (Å²) in [4.78, 5) is 15.3. The van der Waals surface area contributed by atoms with Gasteiger partial charge in [-0.25, -0.2) is 14.5 Å². The summed E-state index contributed by atoms with van der Waals surface area (Å²) in [6.45, 7) is 0. The van der Waals surface area contributed by atoms with E-state index in [0.29, 0.717) is 11.7 Å². The number of alkyl halides is 1. The third-order valence-electron chi connectivity index (χ3n) is 3.14. The van der Waals surface area contributed by atoms with Crippen LogP contribution in [-0.2, 0) is 5.88 Å². The van der Waals surface area contributed by atoms with E-state index < -0.39 is 5.97 Å². The van der Waals surface area contributed by atoms with E-state index in [-0.39, 0.29) is 5.82 Å². The Labute approximate surface area is 131 Å². The highest BCUT2D eigenvalue weighted by molar-refractivity contribution is 6.17. The highest BCUT2D eigenvalue weighted by Gasteiger charge is 2.17. The van der Waals surface area contributed by atoms with E-state index in [0.717, 1.165) is 16.8 Å². The zero-order valence-corrected chi connectivity index (χ0v) is 12.2. The molecule has 0 aliphatic rings. The van der Waals surface area contributed by atoms with Gasteiger partial charge >= 0.3 is 5.97 Å². The molecule has 0 bridgehead atoms. The Morgan fingerprint density at radius 2 is 1.91 bits per heavy atom. The van der Waals surface area contributed by atoms with Gasteiger partial charge in [0.2, 0.25) is 0 Å². The smallest absolute Gasteiger partial charge is 0.375 e. The number of rotatable bonds is 4. The SMILES string of the molecule is O=C(O)c1nc(-c2ccccc2)n(-c2cccc(CCl)c2)n1. The van der Waals surface area contributed by atoms with Gasteiger partial charge < -0.3 is 5.11 Å². The van der Waals surface area contributed by atoms with Gasteiger partial charge in [-0.3, -0.25) is 0 Å². The largest absolute Gasteiger partial charge is 0.475 e. The van der Waals surface area contributed by atoms with E-state index in [1.54, 1.807) is 0 Å². The number of aromatic nitrogens is 3. The summed E-state index contributed by atoms with van der Waals surface area (Å²) in [5.41, 5.74) is 2.43. The van der Waals surface area contributed by atoms with Gasteiger partial charge in [-0.2, -0.15) is 0 Å². The quantitative estimate of drug-likeness (QED) is 0.750. The fraction of sp³-hybridized carbons (Fsp3) is 0.0625. The maximum absolute atomic E-state index is 11.2. The Morgan fingerprint density at radius 1 is 1.14 bits per heavy atom. The topological polar surface area (TPSA) is 68.0 Å². The van der Waals surface area contributed by atoms with Crippen LogP contribution in [0.2, 0.25) is 0 Å². The van der Waals surface area contributed by atoms with Crippen LogP contribution in [0.1, 0.15) is 16.2 Å². The van der Waals surface area contributed by atoms with Gasteiger partial charge in [-0.1, -0.05) is 42.5 Å². The van der Waals surface area contributed by atoms with Crippen LogP contribution in [0.25, 0.3) is 17.1 Å². The minimum absolute atomic E-state index is 0.241. The molecule has 0 radical (unpaired) electrons. The molecule has 1 N–H and O–H groups in total. The summed E-state index contributed by atoms with van der Waals surface area (Å²) >= 11 is 5.86. The number of carboxylic acid groups (broad SMARTS) is 1. The zero-order valence-electron chi connectivity index (χ0n) is 11.5. The van der Waals surface area contributed by atoms with E-state index >= 15 is 0 Å². The fourth-order valence-electron chi connectivity index (χ4n) is 2.13. The second-order valence-electron chi connectivity index (χ2n) is 4.65. The Hall–Kier alpha value is -2.66. The van der Waals surface area contributed by atoms with Gasteiger partial charge in [0.1, 0.15) is 0 Å². The molecular weight excluding hydrogens is 302 g/mol. The van der Waals surface area contributed by atoms with Crippen LogP contribution >= 0.6 is 11.6 Å². The lowest BCUT2D eigenvalue weighted by Crippen LogP contribution is -2.02. The Morgan fingerprint density at radius 3 is 2.59 bits per heavy atom. The maximum Gasteiger partial charge on any atom is 0.375 e. The fourth-order valence-corrected chi connectivity index (χ4v) is 2.29. The van der Waals surface area contributed by atoms with Gasteiger partial charge in [0, 0.05) is 11.4 Å². The highest BCUT2D eigenvalue weighted by Crippen LogP contribution is 2.22. The first-order valence-corrected chi connectivity index (χ1v) is 7.13. The molecule has 0 fully saturated rings. The summed E-state index contributed by atoms with van der Waals surface area (Å²) in [6.07, 6.45) is 0. The minimum atomic E-state index is -1.16. The predicted molar refractivity (Wildman–Crippen MR) is 83.3 cm³/mol. The first kappa shape index (κ1) is 14.3. The molecule has 5 nitrogen and oxygen atoms in total. The minimum Gasteiger partial charge on any atom is -0.475 e. The molecule has 3 aromatic rings. The summed E-state index contributed by atoms with van der Waals surface area (Å²) in [5, 5.41) is 13.3. The molecular formula is C16H12ClN3O2. The van der Waals surface area contributed by atoms with Crippen molar-refractivity contribution in [1.82, 2.24) is 14.8 Å². The highest BCUT2D eigenvalue weighted by atomic mass is 35.5. The molecule has 22 heavy (non-hydrogen) atoms. The molecule has 6 heteroatoms. The van der Waals surface area contributed by atoms with Gasteiger partial charge in [0.25, 0.3) is 5.82 Å². The summed E-state index contributed by atoms with van der Waals surface area (Å²) in [6, 6.07) is 16.8. The first-order chi connectivity index (χ1) is 10.7. The third kappa shape index (κ3) is 2.71. The lowest BCUT2D eigenvalue weighted by atomic mass is 10.2. The number of benzene rings is 2. The standard InChI is InChI=1S/C16H12ClN3O2/c17-10-11-5-4-8-13(9-11)20-15(12-6-2-1-3-7-12)18-14(19-20)16(21)22/h1-9H,10H2,(H,21,22). The lowest BCUT2D eigenvalue weighted by Gasteiger charge is -2.07. The van der Waals surface area contributed by atoms with Crippen LogP contribution in [0.5, 0.6) is 0 Å². The van der Waals surface area contributed by atoms with Crippen molar-refractivity contribution in [1.29, 1.82) is 0 Å². The number of carbonyl (C=O) groups is 1. The van der Waals surface area contributed by atoms with Crippen LogP contribution in [0, 0.1) is 0 Å². The molecule has 0 spiro atoms. The van der Waals surface area contributed by atoms with Crippen molar-refractivity contribution in [2.75, 3.05) is 0 Å². The molecule has 0 amide bonds. The van der Waals surface area contributed by atoms with Crippen LogP contribution in [-0.4, -0.2) is 25.8 Å². The number of hydrogen-bond donors (Lipinski definition) is 1. The second-order valence-corrected chi connectivity index (χ2v) is 4.91. The van der Waals surface area contributed by atoms with Gasteiger partial charge in [0.15, 0.2) is 5.82 Å². The number of nitrogens with zero attached hydrogens (tertiary/aromatic N) is 3. The molecule has 0 unspecified atom stereocenters. The molecule has 1 heterocycles. The molecule has 0 aliphatic heterocycles. The number of aromatic carboxylic acids is 1. The molecule has 0 saturated heterocycles. The van der Waals surface area contributed by atoms with Crippen LogP contribution in [0.3, 0.4) is 0 Å². The van der Waals surface area contributed by atoms with Crippen molar-refractivity contribution in [2.24, 2.45) is 0 Å². The summed E-state index contributed by atoms with van der Waals surface area (Å²) in [5.74, 6) is -0.557. The van der Waals surface area contributed by atoms with Crippen LogP contribution in [0.15, 0.2) is 54.6 Å². The van der Waals surface area contributed by atoms with Gasteiger partial charge in [0.05, 0.1) is 5.69 Å². The monoisotopic (exact) mass is 313 g/mol. The molecule has 0 saturated carbocycles. The second kappa shape index (κ2) is 5.99. The summed E-state index contributed by atoms with van der Waals surface area (Å²) < 4.78 is 1.52. The van der Waals surface area contributed by atoms with Crippen molar-refractivity contribution >= 4 is 17.6 Å². The molecule has 1 aromatic heterocycles. The van der Waals surface area contributed by atoms with Crippen LogP contribution in [0.4, 0.5) is 0 Å². The number of hydrogen-bond acceptors (Lipinski definition) is 3. The molecule has 3 rings (SSSR count). The summed E-state index contributed by atoms with van der Waals surface area (Å²) in [7, 11) is 0. The average molecular weight is 314 g/mol. The Bertz CT molecular complexity index is 815. The normalized spacial score (nSPS) is 10.6. The first-order valence-electron chi connectivity index (χ1n) is 6.60. The van der Waals surface area contributed by atoms with E-state index in [9.17, 15) is 4.79 Å². The van der Waals surface area contributed by atoms with Gasteiger partial charge in [-0.15, -0.1) is 16.7 Å². The van der Waals surface area contributed by atoms with E-state index in [1.165, 1.54) is 4.68 Å². The van der Waals surface area contributed by atoms with Crippen molar-refractivity contribution in [3.8, 4) is 17.1 Å². The number of halogens is 1. The van der Waals surface area contributed by atoms with E-state index in [1.807, 2.05) is 54.6 Å². The maximum atomic E-state index is 11.2. The predicted octanol–water partition coefficient (Wildman–Crippen LogP) is 3.37. The van der Waals surface area contributed by atoms with Crippen molar-refractivity contribution in [3.05, 3.63) is 66.0 Å². The molecule has 110 valence electrons. The Kier molecular flexibility index (Phi) is 3.89. The van der Waals surface area contributed by atoms with E-state index in [2.05, 4.69) is 10.1 Å². The van der Waals surface area contributed by atoms with Crippen molar-refractivity contribution < 1.29 is 9.90 Å². The van der Waals surface area contributed by atoms with Gasteiger partial charge in [-0.05, 0) is 17.7 Å². The number of carboxylic acids is 1. The average Bonchev–Trinajstić information content (AvgIpc) is 3.01. The zero-order chi connectivity index (χ0) is 15.5. The molecule has 2 aromatic carbocycles. The molecule has 0 aliphatic carbocycles. The lowest BCUT2D eigenvalue weighted by molar-refractivity contribution is 0.0683. The van der Waals surface area contributed by atoms with E-state index in [4.69, 9.17) is 16.7 Å². The van der Waals surface area contributed by atoms with Crippen molar-refractivity contribution in [2.45, 2.75) is 5.88 Å². The van der Waals surface area contributed by atoms with Crippen LogP contribution < -0.4 is 0 Å². The Balaban J connectivity index is 2.19. The molecule has 0 atom stereocenters. The van der Waals surface area contributed by atoms with Crippen molar-refractivity contribution in [3.63, 3.8) is 0 Å².